The van der Waals surface area contributed by atoms with Crippen LogP contribution in [0.2, 0.25) is 0 Å². The van der Waals surface area contributed by atoms with E-state index in [9.17, 15) is 4.39 Å². The summed E-state index contributed by atoms with van der Waals surface area (Å²) < 4.78 is 14.1. The van der Waals surface area contributed by atoms with Crippen LogP contribution in [0.15, 0.2) is 115 Å². The summed E-state index contributed by atoms with van der Waals surface area (Å²) in [7, 11) is 0. The number of hydrogen-bond acceptors (Lipinski definition) is 2. The second-order valence-corrected chi connectivity index (χ2v) is 8.80. The van der Waals surface area contributed by atoms with Gasteiger partial charge in [-0.1, -0.05) is 54.6 Å². The van der Waals surface area contributed by atoms with Crippen molar-refractivity contribution in [2.24, 2.45) is 0 Å². The Kier molecular flexibility index (Phi) is 6.07. The largest absolute Gasteiger partial charge is 0.399 e. The molecule has 0 aliphatic carbocycles. The zero-order chi connectivity index (χ0) is 24.4. The highest BCUT2D eigenvalue weighted by Gasteiger charge is 2.15. The van der Waals surface area contributed by atoms with E-state index < -0.39 is 0 Å². The lowest BCUT2D eigenvalue weighted by atomic mass is 9.95. The van der Waals surface area contributed by atoms with Crippen molar-refractivity contribution < 1.29 is 4.39 Å². The smallest absolute Gasteiger partial charge is 0.123 e. The van der Waals surface area contributed by atoms with Gasteiger partial charge in [-0.25, -0.2) is 4.39 Å². The number of benzene rings is 5. The van der Waals surface area contributed by atoms with Crippen LogP contribution < -0.4 is 10.6 Å². The summed E-state index contributed by atoms with van der Waals surface area (Å²) in [6, 6.07) is 38.1. The third-order valence-corrected chi connectivity index (χ3v) is 6.35. The fourth-order valence-electron chi connectivity index (χ4n) is 4.43. The Labute approximate surface area is 206 Å². The van der Waals surface area contributed by atoms with Gasteiger partial charge < -0.3 is 10.6 Å². The number of para-hydroxylation sites is 1. The lowest BCUT2D eigenvalue weighted by molar-refractivity contribution is 0.628. The van der Waals surface area contributed by atoms with E-state index in [-0.39, 0.29) is 5.82 Å². The first kappa shape index (κ1) is 22.4. The minimum atomic E-state index is -0.228. The molecule has 2 nitrogen and oxygen atoms in total. The highest BCUT2D eigenvalue weighted by Crippen LogP contribution is 2.39. The molecule has 0 saturated heterocycles. The quantitative estimate of drug-likeness (QED) is 0.267. The van der Waals surface area contributed by atoms with Crippen LogP contribution in [-0.2, 0) is 0 Å². The van der Waals surface area contributed by atoms with E-state index in [1.165, 1.54) is 6.07 Å². The number of nitrogen functional groups attached to an aromatic ring is 1. The van der Waals surface area contributed by atoms with Gasteiger partial charge in [0.2, 0.25) is 0 Å². The topological polar surface area (TPSA) is 29.3 Å². The Morgan fingerprint density at radius 3 is 1.71 bits per heavy atom. The summed E-state index contributed by atoms with van der Waals surface area (Å²) in [5, 5.41) is 0. The lowest BCUT2D eigenvalue weighted by Gasteiger charge is -2.27. The van der Waals surface area contributed by atoms with Crippen LogP contribution in [0.25, 0.3) is 22.3 Å². The maximum Gasteiger partial charge on any atom is 0.123 e. The maximum absolute atomic E-state index is 14.1. The summed E-state index contributed by atoms with van der Waals surface area (Å²) in [5.41, 5.74) is 16.1. The van der Waals surface area contributed by atoms with Crippen LogP contribution in [-0.4, -0.2) is 0 Å². The summed E-state index contributed by atoms with van der Waals surface area (Å²) in [6.45, 7) is 4.09. The molecule has 0 heterocycles. The summed E-state index contributed by atoms with van der Waals surface area (Å²) in [6.07, 6.45) is 0. The van der Waals surface area contributed by atoms with Crippen molar-refractivity contribution in [1.29, 1.82) is 0 Å². The maximum atomic E-state index is 14.1. The average Bonchev–Trinajstić information content (AvgIpc) is 2.88. The SMILES string of the molecule is Cc1ccc(F)cc1-c1cc(N(c2ccccc2)c2ccc(-c3ccc(N)cc3)cc2)ccc1C. The minimum absolute atomic E-state index is 0.228. The number of halogens is 1. The Hall–Kier alpha value is -4.37. The van der Waals surface area contributed by atoms with Crippen LogP contribution in [0.4, 0.5) is 27.1 Å². The standard InChI is InChI=1S/C32H27FN2/c1-22-8-14-26(33)20-31(22)32-21-30(17-9-23(32)2)35(28-6-4-3-5-7-28)29-18-12-25(13-19-29)24-10-15-27(34)16-11-24/h3-21H,34H2,1-2H3. The van der Waals surface area contributed by atoms with E-state index >= 15 is 0 Å². The monoisotopic (exact) mass is 458 g/mol. The van der Waals surface area contributed by atoms with Crippen molar-refractivity contribution >= 4 is 22.7 Å². The second kappa shape index (κ2) is 9.47. The zero-order valence-electron chi connectivity index (χ0n) is 19.9. The van der Waals surface area contributed by atoms with Gasteiger partial charge in [-0.15, -0.1) is 0 Å². The summed E-state index contributed by atoms with van der Waals surface area (Å²) in [5.74, 6) is -0.228. The van der Waals surface area contributed by atoms with Crippen molar-refractivity contribution in [3.8, 4) is 22.3 Å². The van der Waals surface area contributed by atoms with Crippen molar-refractivity contribution in [3.63, 3.8) is 0 Å². The van der Waals surface area contributed by atoms with E-state index in [1.54, 1.807) is 6.07 Å². The average molecular weight is 459 g/mol. The molecule has 35 heavy (non-hydrogen) atoms. The van der Waals surface area contributed by atoms with E-state index in [4.69, 9.17) is 5.73 Å². The first-order chi connectivity index (χ1) is 17.0. The Morgan fingerprint density at radius 1 is 0.543 bits per heavy atom. The first-order valence-corrected chi connectivity index (χ1v) is 11.7. The normalized spacial score (nSPS) is 10.8. The molecule has 0 bridgehead atoms. The number of anilines is 4. The molecule has 5 rings (SSSR count). The number of nitrogens with two attached hydrogens (primary N) is 1. The molecular formula is C32H27FN2. The molecule has 0 spiro atoms. The van der Waals surface area contributed by atoms with Gasteiger partial charge in [-0.05, 0) is 108 Å². The molecule has 0 unspecified atom stereocenters. The predicted octanol–water partition coefficient (Wildman–Crippen LogP) is 8.83. The molecule has 3 heteroatoms. The summed E-state index contributed by atoms with van der Waals surface area (Å²) >= 11 is 0. The van der Waals surface area contributed by atoms with Gasteiger partial charge in [0.1, 0.15) is 5.82 Å². The molecule has 0 amide bonds. The third-order valence-electron chi connectivity index (χ3n) is 6.35. The van der Waals surface area contributed by atoms with Gasteiger partial charge in [0.15, 0.2) is 0 Å². The predicted molar refractivity (Wildman–Crippen MR) is 146 cm³/mol. The molecular weight excluding hydrogens is 431 g/mol. The Morgan fingerprint density at radius 2 is 1.06 bits per heavy atom. The molecule has 5 aromatic rings. The number of aryl methyl sites for hydroxylation is 2. The van der Waals surface area contributed by atoms with Crippen LogP contribution in [0.3, 0.4) is 0 Å². The van der Waals surface area contributed by atoms with Gasteiger partial charge >= 0.3 is 0 Å². The molecule has 5 aromatic carbocycles. The van der Waals surface area contributed by atoms with Crippen molar-refractivity contribution in [2.75, 3.05) is 10.6 Å². The zero-order valence-corrected chi connectivity index (χ0v) is 19.9. The molecule has 172 valence electrons. The third kappa shape index (κ3) is 4.67. The summed E-state index contributed by atoms with van der Waals surface area (Å²) in [4.78, 5) is 2.23. The van der Waals surface area contributed by atoms with Crippen LogP contribution in [0, 0.1) is 19.7 Å². The number of nitrogens with zero attached hydrogens (tertiary/aromatic N) is 1. The van der Waals surface area contributed by atoms with E-state index in [0.29, 0.717) is 0 Å². The van der Waals surface area contributed by atoms with E-state index in [1.807, 2.05) is 55.5 Å². The van der Waals surface area contributed by atoms with Crippen LogP contribution in [0.1, 0.15) is 11.1 Å². The van der Waals surface area contributed by atoms with E-state index in [0.717, 1.165) is 56.1 Å². The van der Waals surface area contributed by atoms with Gasteiger partial charge in [-0.2, -0.15) is 0 Å². The van der Waals surface area contributed by atoms with Gasteiger partial charge in [0.05, 0.1) is 0 Å². The van der Waals surface area contributed by atoms with Crippen LogP contribution in [0.5, 0.6) is 0 Å². The molecule has 0 aliphatic rings. The Balaban J connectivity index is 1.61. The van der Waals surface area contributed by atoms with Gasteiger partial charge in [0, 0.05) is 22.7 Å². The highest BCUT2D eigenvalue weighted by molar-refractivity contribution is 5.82. The molecule has 0 aliphatic heterocycles. The molecule has 2 N–H and O–H groups in total. The van der Waals surface area contributed by atoms with Crippen molar-refractivity contribution in [3.05, 3.63) is 132 Å². The lowest BCUT2D eigenvalue weighted by Crippen LogP contribution is -2.10. The molecule has 0 saturated carbocycles. The number of rotatable bonds is 5. The molecule has 0 radical (unpaired) electrons. The van der Waals surface area contributed by atoms with Gasteiger partial charge in [-0.3, -0.25) is 0 Å². The Bertz CT molecular complexity index is 1460. The fourth-order valence-corrected chi connectivity index (χ4v) is 4.43. The highest BCUT2D eigenvalue weighted by atomic mass is 19.1. The van der Waals surface area contributed by atoms with Crippen molar-refractivity contribution in [2.45, 2.75) is 13.8 Å². The second-order valence-electron chi connectivity index (χ2n) is 8.80. The molecule has 0 atom stereocenters. The van der Waals surface area contributed by atoms with Crippen LogP contribution >= 0.6 is 0 Å². The van der Waals surface area contributed by atoms with E-state index in [2.05, 4.69) is 66.4 Å². The van der Waals surface area contributed by atoms with Crippen molar-refractivity contribution in [1.82, 2.24) is 0 Å². The first-order valence-electron chi connectivity index (χ1n) is 11.7. The van der Waals surface area contributed by atoms with Gasteiger partial charge in [0.25, 0.3) is 0 Å². The molecule has 0 fully saturated rings. The number of hydrogen-bond donors (Lipinski definition) is 1. The fraction of sp³-hybridized carbons (Fsp3) is 0.0625. The minimum Gasteiger partial charge on any atom is -0.399 e. The molecule has 0 aromatic heterocycles.